The maximum atomic E-state index is 13.4. The molecule has 3 aliphatic rings. The van der Waals surface area contributed by atoms with Gasteiger partial charge in [0.05, 0.1) is 25.7 Å². The van der Waals surface area contributed by atoms with Gasteiger partial charge >= 0.3 is 5.97 Å². The highest BCUT2D eigenvalue weighted by atomic mass is 16.5. The molecule has 2 aromatic rings. The fourth-order valence-electron chi connectivity index (χ4n) is 5.55. The molecule has 186 valence electrons. The van der Waals surface area contributed by atoms with Crippen molar-refractivity contribution in [2.75, 3.05) is 31.6 Å². The lowest BCUT2D eigenvalue weighted by molar-refractivity contribution is -0.145. The van der Waals surface area contributed by atoms with Gasteiger partial charge in [0.2, 0.25) is 5.91 Å². The Balaban J connectivity index is 1.23. The molecule has 1 saturated heterocycles. The highest BCUT2D eigenvalue weighted by Crippen LogP contribution is 2.37. The molecule has 0 bridgehead atoms. The van der Waals surface area contributed by atoms with Gasteiger partial charge in [-0.1, -0.05) is 18.2 Å². The van der Waals surface area contributed by atoms with Gasteiger partial charge in [-0.3, -0.25) is 9.59 Å². The van der Waals surface area contributed by atoms with Crippen molar-refractivity contribution in [2.24, 2.45) is 5.92 Å². The molecule has 1 amide bonds. The zero-order valence-electron chi connectivity index (χ0n) is 20.6. The van der Waals surface area contributed by atoms with Crippen LogP contribution in [0.25, 0.3) is 0 Å². The molecule has 0 aliphatic carbocycles. The van der Waals surface area contributed by atoms with Gasteiger partial charge in [0, 0.05) is 31.1 Å². The van der Waals surface area contributed by atoms with Crippen LogP contribution in [0.5, 0.6) is 5.75 Å². The molecule has 0 saturated carbocycles. The Bertz CT molecular complexity index is 1090. The lowest BCUT2D eigenvalue weighted by atomic mass is 9.98. The molecule has 7 nitrogen and oxygen atoms in total. The molecule has 5 rings (SSSR count). The minimum atomic E-state index is -0.325. The van der Waals surface area contributed by atoms with E-state index in [1.807, 2.05) is 17.0 Å². The molecular formula is C28H35N3O4. The number of ether oxygens (including phenoxy) is 2. The number of pyridine rings is 1. The minimum absolute atomic E-state index is 0.0128. The molecular weight excluding hydrogens is 442 g/mol. The van der Waals surface area contributed by atoms with E-state index >= 15 is 0 Å². The topological polar surface area (TPSA) is 80.8 Å². The van der Waals surface area contributed by atoms with Crippen molar-refractivity contribution in [1.82, 2.24) is 9.88 Å². The summed E-state index contributed by atoms with van der Waals surface area (Å²) in [6.45, 7) is 4.47. The molecule has 4 heterocycles. The summed E-state index contributed by atoms with van der Waals surface area (Å²) in [5.41, 5.74) is 4.50. The lowest BCUT2D eigenvalue weighted by Crippen LogP contribution is -2.33. The van der Waals surface area contributed by atoms with E-state index < -0.39 is 0 Å². The Morgan fingerprint density at radius 3 is 3.03 bits per heavy atom. The first-order chi connectivity index (χ1) is 17.1. The average molecular weight is 478 g/mol. The highest BCUT2D eigenvalue weighted by Gasteiger charge is 2.37. The molecule has 1 aromatic carbocycles. The van der Waals surface area contributed by atoms with Crippen LogP contribution in [0.3, 0.4) is 0 Å². The van der Waals surface area contributed by atoms with Crippen molar-refractivity contribution < 1.29 is 19.1 Å². The van der Waals surface area contributed by atoms with E-state index in [-0.39, 0.29) is 30.3 Å². The Labute approximate surface area is 207 Å². The molecule has 7 heteroatoms. The Kier molecular flexibility index (Phi) is 7.21. The summed E-state index contributed by atoms with van der Waals surface area (Å²) in [4.78, 5) is 32.6. The first-order valence-electron chi connectivity index (χ1n) is 13.1. The third-order valence-corrected chi connectivity index (χ3v) is 7.43. The van der Waals surface area contributed by atoms with Crippen molar-refractivity contribution >= 4 is 17.7 Å². The summed E-state index contributed by atoms with van der Waals surface area (Å²) in [5, 5.41) is 3.40. The van der Waals surface area contributed by atoms with Crippen molar-refractivity contribution in [3.8, 4) is 5.75 Å². The van der Waals surface area contributed by atoms with Gasteiger partial charge in [-0.2, -0.15) is 0 Å². The lowest BCUT2D eigenvalue weighted by Gasteiger charge is -2.28. The zero-order chi connectivity index (χ0) is 24.2. The number of nitrogens with one attached hydrogen (secondary N) is 1. The molecule has 1 aromatic heterocycles. The quantitative estimate of drug-likeness (QED) is 0.544. The summed E-state index contributed by atoms with van der Waals surface area (Å²) in [5.74, 6) is 1.74. The Hall–Kier alpha value is -3.09. The van der Waals surface area contributed by atoms with Crippen LogP contribution in [0.2, 0.25) is 0 Å². The number of carbonyl (C=O) groups excluding carboxylic acids is 2. The second-order valence-corrected chi connectivity index (χ2v) is 9.74. The van der Waals surface area contributed by atoms with E-state index in [4.69, 9.17) is 14.5 Å². The number of aromatic nitrogens is 1. The first-order valence-corrected chi connectivity index (χ1v) is 13.1. The molecule has 1 fully saturated rings. The number of nitrogens with zero attached hydrogens (tertiary/aromatic N) is 2. The van der Waals surface area contributed by atoms with Crippen molar-refractivity contribution in [1.29, 1.82) is 0 Å². The van der Waals surface area contributed by atoms with Crippen LogP contribution in [-0.4, -0.2) is 48.1 Å². The standard InChI is InChI=1S/C28H35N3O4/c1-2-34-26(32)18-24(22-9-8-19-13-16-35-25(19)17-22)31-15-12-21(28(31)33)5-3-7-23-11-10-20-6-4-14-29-27(20)30-23/h8-11,17,21,24H,2-7,12-16,18H2,1H3,(H,29,30). The molecule has 0 spiro atoms. The number of likely N-dealkylation sites (tertiary alicyclic amines) is 1. The molecule has 35 heavy (non-hydrogen) atoms. The predicted octanol–water partition coefficient (Wildman–Crippen LogP) is 4.24. The van der Waals surface area contributed by atoms with Crippen LogP contribution in [-0.2, 0) is 33.6 Å². The van der Waals surface area contributed by atoms with E-state index in [1.54, 1.807) is 6.92 Å². The number of hydrogen-bond acceptors (Lipinski definition) is 6. The van der Waals surface area contributed by atoms with Gasteiger partial charge in [0.25, 0.3) is 0 Å². The van der Waals surface area contributed by atoms with E-state index in [0.29, 0.717) is 19.8 Å². The molecule has 3 aliphatic heterocycles. The third kappa shape index (κ3) is 5.29. The first kappa shape index (κ1) is 23.6. The summed E-state index contributed by atoms with van der Waals surface area (Å²) < 4.78 is 11.0. The van der Waals surface area contributed by atoms with E-state index in [1.165, 1.54) is 11.1 Å². The summed E-state index contributed by atoms with van der Waals surface area (Å²) >= 11 is 0. The van der Waals surface area contributed by atoms with Gasteiger partial charge < -0.3 is 19.7 Å². The Morgan fingerprint density at radius 1 is 1.26 bits per heavy atom. The number of rotatable bonds is 9. The van der Waals surface area contributed by atoms with E-state index in [9.17, 15) is 9.59 Å². The predicted molar refractivity (Wildman–Crippen MR) is 133 cm³/mol. The Morgan fingerprint density at radius 2 is 2.14 bits per heavy atom. The monoisotopic (exact) mass is 477 g/mol. The number of carbonyl (C=O) groups is 2. The zero-order valence-corrected chi connectivity index (χ0v) is 20.6. The minimum Gasteiger partial charge on any atom is -0.493 e. The number of aryl methyl sites for hydroxylation is 2. The summed E-state index contributed by atoms with van der Waals surface area (Å²) in [6, 6.07) is 10.1. The maximum Gasteiger partial charge on any atom is 0.308 e. The largest absolute Gasteiger partial charge is 0.493 e. The van der Waals surface area contributed by atoms with Gasteiger partial charge in [0.15, 0.2) is 0 Å². The second-order valence-electron chi connectivity index (χ2n) is 9.74. The summed E-state index contributed by atoms with van der Waals surface area (Å²) in [7, 11) is 0. The number of esters is 1. The highest BCUT2D eigenvalue weighted by molar-refractivity contribution is 5.82. The summed E-state index contributed by atoms with van der Waals surface area (Å²) in [6.07, 6.45) is 6.75. The van der Waals surface area contributed by atoms with Crippen LogP contribution >= 0.6 is 0 Å². The van der Waals surface area contributed by atoms with Crippen LogP contribution < -0.4 is 10.1 Å². The number of benzene rings is 1. The van der Waals surface area contributed by atoms with Gasteiger partial charge in [-0.15, -0.1) is 0 Å². The van der Waals surface area contributed by atoms with Gasteiger partial charge in [-0.25, -0.2) is 4.98 Å². The van der Waals surface area contributed by atoms with Crippen molar-refractivity contribution in [3.05, 3.63) is 52.7 Å². The molecule has 2 atom stereocenters. The number of fused-ring (bicyclic) bond motifs is 2. The SMILES string of the molecule is CCOC(=O)CC(c1ccc2c(c1)OCC2)N1CCC(CCCc2ccc3c(n2)NCCC3)C1=O. The van der Waals surface area contributed by atoms with E-state index in [0.717, 1.165) is 74.3 Å². The number of hydrogen-bond donors (Lipinski definition) is 1. The molecule has 2 unspecified atom stereocenters. The van der Waals surface area contributed by atoms with E-state index in [2.05, 4.69) is 23.5 Å². The third-order valence-electron chi connectivity index (χ3n) is 7.43. The van der Waals surface area contributed by atoms with Crippen LogP contribution in [0.15, 0.2) is 30.3 Å². The smallest absolute Gasteiger partial charge is 0.308 e. The number of anilines is 1. The number of amides is 1. The second kappa shape index (κ2) is 10.7. The fraction of sp³-hybridized carbons (Fsp3) is 0.536. The maximum absolute atomic E-state index is 13.4. The van der Waals surface area contributed by atoms with Crippen LogP contribution in [0, 0.1) is 5.92 Å². The normalized spacial score (nSPS) is 19.5. The van der Waals surface area contributed by atoms with Crippen molar-refractivity contribution in [2.45, 2.75) is 64.3 Å². The van der Waals surface area contributed by atoms with Crippen molar-refractivity contribution in [3.63, 3.8) is 0 Å². The molecule has 0 radical (unpaired) electrons. The van der Waals surface area contributed by atoms with Gasteiger partial charge in [0.1, 0.15) is 11.6 Å². The van der Waals surface area contributed by atoms with Gasteiger partial charge in [-0.05, 0) is 74.3 Å². The molecule has 1 N–H and O–H groups in total. The fourth-order valence-corrected chi connectivity index (χ4v) is 5.55. The van der Waals surface area contributed by atoms with Crippen LogP contribution in [0.1, 0.15) is 67.5 Å². The average Bonchev–Trinajstić information content (AvgIpc) is 3.49. The van der Waals surface area contributed by atoms with Crippen LogP contribution in [0.4, 0.5) is 5.82 Å².